The van der Waals surface area contributed by atoms with Gasteiger partial charge in [-0.15, -0.1) is 0 Å². The summed E-state index contributed by atoms with van der Waals surface area (Å²) in [4.78, 5) is 2.01. The Morgan fingerprint density at radius 1 is 1.50 bits per heavy atom. The van der Waals surface area contributed by atoms with Gasteiger partial charge in [0.25, 0.3) is 0 Å². The molecule has 0 aliphatic heterocycles. The van der Waals surface area contributed by atoms with Gasteiger partial charge in [-0.2, -0.15) is 4.37 Å². The minimum atomic E-state index is -3.35. The number of sulfone groups is 1. The first-order valence-electron chi connectivity index (χ1n) is 6.72. The highest BCUT2D eigenvalue weighted by Crippen LogP contribution is 2.34. The van der Waals surface area contributed by atoms with E-state index in [1.165, 1.54) is 12.8 Å². The molecule has 6 nitrogen and oxygen atoms in total. The van der Waals surface area contributed by atoms with Crippen molar-refractivity contribution in [2.75, 3.05) is 43.2 Å². The van der Waals surface area contributed by atoms with Gasteiger partial charge in [0.1, 0.15) is 9.90 Å². The molecule has 20 heavy (non-hydrogen) atoms. The van der Waals surface area contributed by atoms with Crippen molar-refractivity contribution < 1.29 is 13.2 Å². The van der Waals surface area contributed by atoms with E-state index < -0.39 is 9.84 Å². The number of aromatic nitrogens is 1. The fourth-order valence-corrected chi connectivity index (χ4v) is 4.12. The molecule has 8 heteroatoms. The van der Waals surface area contributed by atoms with Crippen molar-refractivity contribution in [1.29, 1.82) is 0 Å². The van der Waals surface area contributed by atoms with Crippen LogP contribution in [0.3, 0.4) is 0 Å². The fraction of sp³-hybridized carbons (Fsp3) is 0.750. The third-order valence-electron chi connectivity index (χ3n) is 3.32. The molecule has 1 aromatic heterocycles. The minimum absolute atomic E-state index is 0.0225. The van der Waals surface area contributed by atoms with Crippen LogP contribution in [0, 0.1) is 5.92 Å². The summed E-state index contributed by atoms with van der Waals surface area (Å²) >= 11 is 1.12. The number of rotatable bonds is 8. The highest BCUT2D eigenvalue weighted by Gasteiger charge is 2.26. The standard InChI is InChI=1S/C12H21N3O3S2/c1-3-20(16,17)10-11(13)14-19-12(10)15(2)6-7-18-8-9-4-5-9/h9H,3-8H2,1-2H3,(H2,13,14). The monoisotopic (exact) mass is 319 g/mol. The molecule has 0 saturated heterocycles. The molecule has 114 valence electrons. The Labute approximate surface area is 124 Å². The van der Waals surface area contributed by atoms with E-state index >= 15 is 0 Å². The summed E-state index contributed by atoms with van der Waals surface area (Å²) in [6.07, 6.45) is 2.53. The molecule has 1 saturated carbocycles. The lowest BCUT2D eigenvalue weighted by Gasteiger charge is -2.18. The molecule has 0 bridgehead atoms. The van der Waals surface area contributed by atoms with Gasteiger partial charge in [0.2, 0.25) is 0 Å². The van der Waals surface area contributed by atoms with E-state index in [0.717, 1.165) is 24.1 Å². The van der Waals surface area contributed by atoms with Gasteiger partial charge >= 0.3 is 0 Å². The average Bonchev–Trinajstić information content (AvgIpc) is 3.15. The summed E-state index contributed by atoms with van der Waals surface area (Å²) in [7, 11) is -1.52. The van der Waals surface area contributed by atoms with E-state index in [2.05, 4.69) is 4.37 Å². The number of nitrogens with zero attached hydrogens (tertiary/aromatic N) is 2. The van der Waals surface area contributed by atoms with Crippen LogP contribution in [-0.2, 0) is 14.6 Å². The topological polar surface area (TPSA) is 85.5 Å². The molecule has 1 fully saturated rings. The number of hydrogen-bond acceptors (Lipinski definition) is 7. The van der Waals surface area contributed by atoms with Gasteiger partial charge in [0.15, 0.2) is 15.7 Å². The third-order valence-corrected chi connectivity index (χ3v) is 6.21. The Morgan fingerprint density at radius 3 is 2.80 bits per heavy atom. The van der Waals surface area contributed by atoms with Crippen molar-refractivity contribution in [3.8, 4) is 0 Å². The average molecular weight is 319 g/mol. The summed E-state index contributed by atoms with van der Waals surface area (Å²) < 4.78 is 33.7. The maximum Gasteiger partial charge on any atom is 0.184 e. The van der Waals surface area contributed by atoms with Crippen LogP contribution < -0.4 is 10.6 Å². The van der Waals surface area contributed by atoms with E-state index in [9.17, 15) is 8.42 Å². The quantitative estimate of drug-likeness (QED) is 0.729. The summed E-state index contributed by atoms with van der Waals surface area (Å²) in [5.41, 5.74) is 5.71. The van der Waals surface area contributed by atoms with E-state index in [4.69, 9.17) is 10.5 Å². The van der Waals surface area contributed by atoms with E-state index in [-0.39, 0.29) is 16.5 Å². The minimum Gasteiger partial charge on any atom is -0.382 e. The molecule has 2 rings (SSSR count). The first-order valence-corrected chi connectivity index (χ1v) is 9.15. The van der Waals surface area contributed by atoms with Crippen molar-refractivity contribution in [3.05, 3.63) is 0 Å². The van der Waals surface area contributed by atoms with Crippen molar-refractivity contribution in [2.24, 2.45) is 5.92 Å². The van der Waals surface area contributed by atoms with Crippen LogP contribution in [0.25, 0.3) is 0 Å². The predicted octanol–water partition coefficient (Wildman–Crippen LogP) is 1.38. The first-order chi connectivity index (χ1) is 9.45. The molecule has 1 aromatic rings. The second kappa shape index (κ2) is 6.28. The number of nitrogen functional groups attached to an aromatic ring is 1. The number of ether oxygens (including phenoxy) is 1. The number of nitrogens with two attached hydrogens (primary N) is 1. The zero-order chi connectivity index (χ0) is 14.8. The SMILES string of the molecule is CCS(=O)(=O)c1c(N)nsc1N(C)CCOCC1CC1. The molecule has 1 aliphatic carbocycles. The smallest absolute Gasteiger partial charge is 0.184 e. The number of anilines is 2. The van der Waals surface area contributed by atoms with Crippen LogP contribution in [0.5, 0.6) is 0 Å². The normalized spacial score (nSPS) is 15.5. The largest absolute Gasteiger partial charge is 0.382 e. The van der Waals surface area contributed by atoms with Crippen LogP contribution in [0.4, 0.5) is 10.8 Å². The maximum absolute atomic E-state index is 12.1. The van der Waals surface area contributed by atoms with Crippen LogP contribution in [0.1, 0.15) is 19.8 Å². The zero-order valence-corrected chi connectivity index (χ0v) is 13.5. The molecule has 0 unspecified atom stereocenters. The van der Waals surface area contributed by atoms with Gasteiger partial charge < -0.3 is 15.4 Å². The highest BCUT2D eigenvalue weighted by atomic mass is 32.2. The van der Waals surface area contributed by atoms with Crippen molar-refractivity contribution >= 4 is 32.2 Å². The summed E-state index contributed by atoms with van der Waals surface area (Å²) in [5, 5.41) is 0.597. The Hall–Kier alpha value is -0.860. The molecular weight excluding hydrogens is 298 g/mol. The summed E-state index contributed by atoms with van der Waals surface area (Å²) in [6, 6.07) is 0. The Kier molecular flexibility index (Phi) is 4.87. The first kappa shape index (κ1) is 15.5. The molecule has 0 radical (unpaired) electrons. The molecule has 0 spiro atoms. The van der Waals surface area contributed by atoms with Crippen molar-refractivity contribution in [1.82, 2.24) is 4.37 Å². The second-order valence-corrected chi connectivity index (χ2v) is 8.01. The molecule has 2 N–H and O–H groups in total. The molecule has 1 heterocycles. The van der Waals surface area contributed by atoms with Crippen LogP contribution >= 0.6 is 11.5 Å². The van der Waals surface area contributed by atoms with E-state index in [0.29, 0.717) is 18.2 Å². The van der Waals surface area contributed by atoms with Gasteiger partial charge in [0.05, 0.1) is 12.4 Å². The molecule has 0 atom stereocenters. The van der Waals surface area contributed by atoms with Gasteiger partial charge in [0, 0.05) is 20.2 Å². The third kappa shape index (κ3) is 3.62. The lowest BCUT2D eigenvalue weighted by atomic mass is 10.5. The Bertz CT molecular complexity index is 552. The van der Waals surface area contributed by atoms with Crippen LogP contribution in [0.2, 0.25) is 0 Å². The summed E-state index contributed by atoms with van der Waals surface area (Å²) in [5.74, 6) is 0.849. The van der Waals surface area contributed by atoms with Gasteiger partial charge in [-0.3, -0.25) is 0 Å². The van der Waals surface area contributed by atoms with Gasteiger partial charge in [-0.1, -0.05) is 6.92 Å². The fourth-order valence-electron chi connectivity index (χ4n) is 1.80. The van der Waals surface area contributed by atoms with Crippen molar-refractivity contribution in [2.45, 2.75) is 24.7 Å². The molecule has 1 aliphatic rings. The second-order valence-electron chi connectivity index (χ2n) is 5.05. The lowest BCUT2D eigenvalue weighted by Crippen LogP contribution is -2.24. The van der Waals surface area contributed by atoms with Gasteiger partial charge in [-0.25, -0.2) is 8.42 Å². The highest BCUT2D eigenvalue weighted by molar-refractivity contribution is 7.91. The number of likely N-dealkylation sites (N-methyl/N-ethyl adjacent to an activating group) is 1. The van der Waals surface area contributed by atoms with Crippen molar-refractivity contribution in [3.63, 3.8) is 0 Å². The lowest BCUT2D eigenvalue weighted by molar-refractivity contribution is 0.131. The Morgan fingerprint density at radius 2 is 2.20 bits per heavy atom. The van der Waals surface area contributed by atoms with E-state index in [1.807, 2.05) is 11.9 Å². The maximum atomic E-state index is 12.1. The molecular formula is C12H21N3O3S2. The Balaban J connectivity index is 1.99. The predicted molar refractivity (Wildman–Crippen MR) is 81.1 cm³/mol. The van der Waals surface area contributed by atoms with Gasteiger partial charge in [-0.05, 0) is 30.3 Å². The number of hydrogen-bond donors (Lipinski definition) is 1. The molecule has 0 amide bonds. The van der Waals surface area contributed by atoms with E-state index in [1.54, 1.807) is 6.92 Å². The zero-order valence-electron chi connectivity index (χ0n) is 11.8. The van der Waals surface area contributed by atoms with Crippen LogP contribution in [0.15, 0.2) is 4.90 Å². The molecule has 0 aromatic carbocycles. The summed E-state index contributed by atoms with van der Waals surface area (Å²) in [6.45, 7) is 3.62. The van der Waals surface area contributed by atoms with Crippen LogP contribution in [-0.4, -0.2) is 45.4 Å².